The van der Waals surface area contributed by atoms with Crippen molar-refractivity contribution < 1.29 is 4.74 Å². The molecule has 4 aromatic rings. The molecule has 0 atom stereocenters. The first-order chi connectivity index (χ1) is 10.3. The van der Waals surface area contributed by atoms with E-state index in [9.17, 15) is 0 Å². The average molecular weight is 280 g/mol. The van der Waals surface area contributed by atoms with E-state index in [0.29, 0.717) is 12.6 Å². The molecule has 0 spiro atoms. The van der Waals surface area contributed by atoms with Crippen LogP contribution in [0.1, 0.15) is 6.92 Å². The number of hydrogen-bond acceptors (Lipinski definition) is 5. The first-order valence-electron chi connectivity index (χ1n) is 6.63. The maximum atomic E-state index is 5.31. The summed E-state index contributed by atoms with van der Waals surface area (Å²) in [5.74, 6) is 0. The zero-order chi connectivity index (χ0) is 14.2. The molecule has 0 unspecified atom stereocenters. The summed E-state index contributed by atoms with van der Waals surface area (Å²) in [6, 6.07) is 4.23. The van der Waals surface area contributed by atoms with Crippen LogP contribution in [-0.2, 0) is 0 Å². The first kappa shape index (κ1) is 11.8. The highest BCUT2D eigenvalue weighted by atomic mass is 16.5. The van der Waals surface area contributed by atoms with Crippen molar-refractivity contribution in [2.45, 2.75) is 6.92 Å². The van der Waals surface area contributed by atoms with Crippen molar-refractivity contribution in [1.82, 2.24) is 29.5 Å². The minimum atomic E-state index is 0.372. The molecule has 0 radical (unpaired) electrons. The Morgan fingerprint density at radius 1 is 1.29 bits per heavy atom. The monoisotopic (exact) mass is 280 g/mol. The highest BCUT2D eigenvalue weighted by Gasteiger charge is 2.11. The lowest BCUT2D eigenvalue weighted by Crippen LogP contribution is -1.97. The van der Waals surface area contributed by atoms with Crippen LogP contribution in [0.3, 0.4) is 0 Å². The van der Waals surface area contributed by atoms with E-state index in [4.69, 9.17) is 4.74 Å². The Labute approximate surface area is 119 Å². The third-order valence-electron chi connectivity index (χ3n) is 3.21. The summed E-state index contributed by atoms with van der Waals surface area (Å²) in [7, 11) is 0. The topological polar surface area (TPSA) is 81.0 Å². The van der Waals surface area contributed by atoms with Crippen LogP contribution in [-0.4, -0.2) is 36.2 Å². The number of imidazole rings is 1. The lowest BCUT2D eigenvalue weighted by Gasteiger charge is -2.01. The van der Waals surface area contributed by atoms with Crippen LogP contribution in [0, 0.1) is 0 Å². The molecule has 4 rings (SSSR count). The van der Waals surface area contributed by atoms with Crippen LogP contribution in [0.4, 0.5) is 0 Å². The molecule has 4 heterocycles. The van der Waals surface area contributed by atoms with E-state index in [1.807, 2.05) is 31.5 Å². The molecule has 0 bridgehead atoms. The summed E-state index contributed by atoms with van der Waals surface area (Å²) < 4.78 is 7.05. The van der Waals surface area contributed by atoms with Crippen molar-refractivity contribution in [2.24, 2.45) is 0 Å². The van der Waals surface area contributed by atoms with Gasteiger partial charge in [-0.05, 0) is 19.1 Å². The third-order valence-corrected chi connectivity index (χ3v) is 3.21. The molecular formula is C14H12N6O. The number of rotatable bonds is 3. The lowest BCUT2D eigenvalue weighted by molar-refractivity contribution is 0.314. The number of hydrogen-bond donors (Lipinski definition) is 1. The largest absolute Gasteiger partial charge is 0.464 e. The van der Waals surface area contributed by atoms with Gasteiger partial charge in [-0.1, -0.05) is 0 Å². The third kappa shape index (κ3) is 1.90. The van der Waals surface area contributed by atoms with E-state index >= 15 is 0 Å². The molecule has 1 N–H and O–H groups in total. The molecule has 7 heteroatoms. The lowest BCUT2D eigenvalue weighted by atomic mass is 10.2. The Bertz CT molecular complexity index is 925. The van der Waals surface area contributed by atoms with Crippen molar-refractivity contribution in [3.05, 3.63) is 36.9 Å². The average Bonchev–Trinajstić information content (AvgIpc) is 3.12. The molecular weight excluding hydrogens is 268 g/mol. The van der Waals surface area contributed by atoms with Gasteiger partial charge in [0.05, 0.1) is 12.3 Å². The van der Waals surface area contributed by atoms with E-state index in [2.05, 4.69) is 25.0 Å². The quantitative estimate of drug-likeness (QED) is 0.621. The normalized spacial score (nSPS) is 11.3. The van der Waals surface area contributed by atoms with Gasteiger partial charge in [0.2, 0.25) is 0 Å². The summed E-state index contributed by atoms with van der Waals surface area (Å²) in [5.41, 5.74) is 3.33. The number of aromatic amines is 1. The van der Waals surface area contributed by atoms with Gasteiger partial charge in [-0.3, -0.25) is 0 Å². The highest BCUT2D eigenvalue weighted by molar-refractivity contribution is 5.92. The van der Waals surface area contributed by atoms with Crippen molar-refractivity contribution in [2.75, 3.05) is 6.61 Å². The molecule has 0 amide bonds. The van der Waals surface area contributed by atoms with Gasteiger partial charge >= 0.3 is 6.01 Å². The fourth-order valence-corrected chi connectivity index (χ4v) is 2.26. The number of fused-ring (bicyclic) bond motifs is 2. The fraction of sp³-hybridized carbons (Fsp3) is 0.143. The van der Waals surface area contributed by atoms with Gasteiger partial charge in [0, 0.05) is 35.7 Å². The van der Waals surface area contributed by atoms with Gasteiger partial charge in [-0.25, -0.2) is 14.5 Å². The molecule has 0 aromatic carbocycles. The van der Waals surface area contributed by atoms with Crippen molar-refractivity contribution in [3.63, 3.8) is 0 Å². The Kier molecular flexibility index (Phi) is 2.56. The summed E-state index contributed by atoms with van der Waals surface area (Å²) in [5, 5.41) is 5.44. The fourth-order valence-electron chi connectivity index (χ4n) is 2.26. The van der Waals surface area contributed by atoms with Gasteiger partial charge < -0.3 is 9.72 Å². The highest BCUT2D eigenvalue weighted by Crippen LogP contribution is 2.26. The predicted octanol–water partition coefficient (Wildman–Crippen LogP) is 2.07. The zero-order valence-electron chi connectivity index (χ0n) is 11.3. The molecule has 0 saturated carbocycles. The van der Waals surface area contributed by atoms with Gasteiger partial charge in [-0.15, -0.1) is 0 Å². The molecule has 0 fully saturated rings. The van der Waals surface area contributed by atoms with E-state index in [0.717, 1.165) is 27.9 Å². The summed E-state index contributed by atoms with van der Waals surface area (Å²) in [4.78, 5) is 15.9. The van der Waals surface area contributed by atoms with E-state index in [1.54, 1.807) is 16.9 Å². The van der Waals surface area contributed by atoms with Crippen LogP contribution < -0.4 is 4.74 Å². The molecule has 4 aromatic heterocycles. The molecule has 21 heavy (non-hydrogen) atoms. The molecule has 0 saturated heterocycles. The number of ether oxygens (including phenoxy) is 1. The second kappa shape index (κ2) is 4.55. The minimum absolute atomic E-state index is 0.372. The molecule has 0 aliphatic heterocycles. The van der Waals surface area contributed by atoms with Crippen molar-refractivity contribution in [1.29, 1.82) is 0 Å². The maximum absolute atomic E-state index is 5.31. The summed E-state index contributed by atoms with van der Waals surface area (Å²) in [6.45, 7) is 2.44. The smallest absolute Gasteiger partial charge is 0.318 e. The number of aromatic nitrogens is 6. The second-order valence-electron chi connectivity index (χ2n) is 4.50. The van der Waals surface area contributed by atoms with Crippen LogP contribution in [0.15, 0.2) is 36.9 Å². The van der Waals surface area contributed by atoms with E-state index < -0.39 is 0 Å². The number of nitrogens with one attached hydrogen (secondary N) is 1. The van der Waals surface area contributed by atoms with Crippen LogP contribution >= 0.6 is 0 Å². The minimum Gasteiger partial charge on any atom is -0.464 e. The van der Waals surface area contributed by atoms with Crippen molar-refractivity contribution in [3.8, 4) is 17.3 Å². The number of H-pyrrole nitrogens is 1. The Hall–Kier alpha value is -2.96. The Morgan fingerprint density at radius 2 is 2.24 bits per heavy atom. The van der Waals surface area contributed by atoms with Crippen LogP contribution in [0.25, 0.3) is 27.9 Å². The predicted molar refractivity (Wildman–Crippen MR) is 77.0 cm³/mol. The Balaban J connectivity index is 1.85. The van der Waals surface area contributed by atoms with Crippen LogP contribution in [0.5, 0.6) is 6.01 Å². The van der Waals surface area contributed by atoms with Gasteiger partial charge in [0.15, 0.2) is 5.65 Å². The maximum Gasteiger partial charge on any atom is 0.318 e. The van der Waals surface area contributed by atoms with Gasteiger partial charge in [0.1, 0.15) is 5.65 Å². The van der Waals surface area contributed by atoms with E-state index in [-0.39, 0.29) is 0 Å². The van der Waals surface area contributed by atoms with Crippen molar-refractivity contribution >= 4 is 16.7 Å². The summed E-state index contributed by atoms with van der Waals surface area (Å²) in [6.07, 6.45) is 7.16. The van der Waals surface area contributed by atoms with Crippen LogP contribution in [0.2, 0.25) is 0 Å². The SMILES string of the molecule is CCOc1ncc2c(-c3ccc4nccn4n3)c[nH]c2n1. The zero-order valence-corrected chi connectivity index (χ0v) is 11.3. The summed E-state index contributed by atoms with van der Waals surface area (Å²) >= 11 is 0. The second-order valence-corrected chi connectivity index (χ2v) is 4.50. The molecule has 104 valence electrons. The number of nitrogens with zero attached hydrogens (tertiary/aromatic N) is 5. The first-order valence-corrected chi connectivity index (χ1v) is 6.63. The molecule has 0 aliphatic carbocycles. The Morgan fingerprint density at radius 3 is 3.14 bits per heavy atom. The molecule has 7 nitrogen and oxygen atoms in total. The van der Waals surface area contributed by atoms with E-state index in [1.165, 1.54) is 0 Å². The van der Waals surface area contributed by atoms with Gasteiger partial charge in [-0.2, -0.15) is 10.1 Å². The molecule has 0 aliphatic rings. The van der Waals surface area contributed by atoms with Gasteiger partial charge in [0.25, 0.3) is 0 Å². The standard InChI is InChI=1S/C14H12N6O/c1-2-21-14-17-8-10-9(7-16-13(10)18-14)11-3-4-12-15-5-6-20(12)19-11/h3-8H,2H2,1H3,(H,16,17,18).